The van der Waals surface area contributed by atoms with Gasteiger partial charge in [-0.2, -0.15) is 0 Å². The van der Waals surface area contributed by atoms with Gasteiger partial charge in [0.2, 0.25) is 5.91 Å². The lowest BCUT2D eigenvalue weighted by Gasteiger charge is -2.31. The first-order valence-electron chi connectivity index (χ1n) is 10.9. The van der Waals surface area contributed by atoms with Gasteiger partial charge in [0.1, 0.15) is 0 Å². The number of benzene rings is 2. The van der Waals surface area contributed by atoms with Crippen molar-refractivity contribution in [2.45, 2.75) is 51.5 Å². The molecule has 0 atom stereocenters. The molecule has 2 aliphatic rings. The Bertz CT molecular complexity index is 828. The van der Waals surface area contributed by atoms with Crippen LogP contribution in [0.3, 0.4) is 0 Å². The van der Waals surface area contributed by atoms with Crippen LogP contribution >= 0.6 is 0 Å². The normalized spacial score (nSPS) is 18.8. The van der Waals surface area contributed by atoms with Crippen LogP contribution in [0.1, 0.15) is 50.5 Å². The number of piperidine rings is 1. The Morgan fingerprint density at radius 1 is 1.04 bits per heavy atom. The smallest absolute Gasteiger partial charge is 0.223 e. The van der Waals surface area contributed by atoms with E-state index < -0.39 is 0 Å². The predicted molar refractivity (Wildman–Crippen MR) is 116 cm³/mol. The molecule has 3 heteroatoms. The minimum Gasteiger partial charge on any atom is -0.356 e. The lowest BCUT2D eigenvalue weighted by atomic mass is 9.94. The number of allylic oxidation sites excluding steroid dienone is 1. The monoisotopic (exact) mass is 376 g/mol. The zero-order chi connectivity index (χ0) is 19.2. The standard InChI is InChI=1S/C25H32N2O/c28-25(26-16-13-20-7-2-1-3-8-20)22-14-17-27(18-15-22)19-23-11-6-10-21-9-4-5-12-24(21)23/h4-7,9-12,22H,1-3,8,13-19H2,(H,26,28). The molecule has 3 nitrogen and oxygen atoms in total. The highest BCUT2D eigenvalue weighted by Crippen LogP contribution is 2.24. The Morgan fingerprint density at radius 2 is 1.86 bits per heavy atom. The molecule has 0 spiro atoms. The lowest BCUT2D eigenvalue weighted by Crippen LogP contribution is -2.40. The third-order valence-corrected chi connectivity index (χ3v) is 6.36. The summed E-state index contributed by atoms with van der Waals surface area (Å²) < 4.78 is 0. The molecule has 0 aromatic heterocycles. The fraction of sp³-hybridized carbons (Fsp3) is 0.480. The van der Waals surface area contributed by atoms with Gasteiger partial charge in [-0.1, -0.05) is 54.1 Å². The summed E-state index contributed by atoms with van der Waals surface area (Å²) >= 11 is 0. The molecule has 0 radical (unpaired) electrons. The third-order valence-electron chi connectivity index (χ3n) is 6.36. The van der Waals surface area contributed by atoms with Crippen molar-refractivity contribution in [3.8, 4) is 0 Å². The molecule has 1 aliphatic heterocycles. The zero-order valence-corrected chi connectivity index (χ0v) is 16.8. The maximum absolute atomic E-state index is 12.5. The highest BCUT2D eigenvalue weighted by atomic mass is 16.1. The van der Waals surface area contributed by atoms with E-state index in [1.165, 1.54) is 47.6 Å². The maximum atomic E-state index is 12.5. The van der Waals surface area contributed by atoms with Gasteiger partial charge in [0.05, 0.1) is 0 Å². The second-order valence-corrected chi connectivity index (χ2v) is 8.34. The molecule has 148 valence electrons. The van der Waals surface area contributed by atoms with E-state index in [4.69, 9.17) is 0 Å². The van der Waals surface area contributed by atoms with Gasteiger partial charge in [-0.15, -0.1) is 0 Å². The molecule has 1 N–H and O–H groups in total. The number of likely N-dealkylation sites (tertiary alicyclic amines) is 1. The third kappa shape index (κ3) is 4.82. The van der Waals surface area contributed by atoms with Crippen molar-refractivity contribution in [3.63, 3.8) is 0 Å². The van der Waals surface area contributed by atoms with Crippen LogP contribution < -0.4 is 5.32 Å². The Labute approximate surface area is 168 Å². The van der Waals surface area contributed by atoms with Gasteiger partial charge in [0.25, 0.3) is 0 Å². The molecule has 0 bridgehead atoms. The highest BCUT2D eigenvalue weighted by molar-refractivity contribution is 5.85. The number of nitrogens with one attached hydrogen (secondary N) is 1. The van der Waals surface area contributed by atoms with Crippen LogP contribution in [-0.4, -0.2) is 30.4 Å². The molecule has 1 aliphatic carbocycles. The van der Waals surface area contributed by atoms with E-state index in [-0.39, 0.29) is 11.8 Å². The second-order valence-electron chi connectivity index (χ2n) is 8.34. The fourth-order valence-electron chi connectivity index (χ4n) is 4.65. The largest absolute Gasteiger partial charge is 0.356 e. The van der Waals surface area contributed by atoms with Gasteiger partial charge in [-0.25, -0.2) is 0 Å². The number of hydrogen-bond acceptors (Lipinski definition) is 2. The first-order chi connectivity index (χ1) is 13.8. The molecule has 2 aromatic carbocycles. The number of hydrogen-bond donors (Lipinski definition) is 1. The van der Waals surface area contributed by atoms with Gasteiger partial charge in [0, 0.05) is 19.0 Å². The number of nitrogens with zero attached hydrogens (tertiary/aromatic N) is 1. The summed E-state index contributed by atoms with van der Waals surface area (Å²) in [6, 6.07) is 15.2. The van der Waals surface area contributed by atoms with E-state index >= 15 is 0 Å². The minimum atomic E-state index is 0.184. The van der Waals surface area contributed by atoms with Crippen molar-refractivity contribution in [3.05, 3.63) is 59.7 Å². The first kappa shape index (κ1) is 19.2. The van der Waals surface area contributed by atoms with Crippen LogP contribution in [0, 0.1) is 5.92 Å². The Morgan fingerprint density at radius 3 is 2.68 bits per heavy atom. The van der Waals surface area contributed by atoms with Gasteiger partial charge < -0.3 is 5.32 Å². The van der Waals surface area contributed by atoms with E-state index in [0.29, 0.717) is 0 Å². The van der Waals surface area contributed by atoms with E-state index in [0.717, 1.165) is 45.4 Å². The zero-order valence-electron chi connectivity index (χ0n) is 16.8. The average molecular weight is 377 g/mol. The number of rotatable bonds is 6. The predicted octanol–water partition coefficient (Wildman–Crippen LogP) is 5.06. The Kier molecular flexibility index (Phi) is 6.43. The summed E-state index contributed by atoms with van der Waals surface area (Å²) in [5, 5.41) is 5.85. The average Bonchev–Trinajstić information content (AvgIpc) is 2.75. The van der Waals surface area contributed by atoms with E-state index in [1.54, 1.807) is 0 Å². The van der Waals surface area contributed by atoms with Gasteiger partial charge in [-0.3, -0.25) is 9.69 Å². The SMILES string of the molecule is O=C(NCCC1=CCCCC1)C1CCN(Cc2cccc3ccccc23)CC1. The van der Waals surface area contributed by atoms with Crippen molar-refractivity contribution in [1.29, 1.82) is 0 Å². The van der Waals surface area contributed by atoms with Crippen LogP contribution in [-0.2, 0) is 11.3 Å². The summed E-state index contributed by atoms with van der Waals surface area (Å²) in [6.07, 6.45) is 10.4. The molecule has 0 saturated carbocycles. The number of carbonyl (C=O) groups is 1. The fourth-order valence-corrected chi connectivity index (χ4v) is 4.65. The lowest BCUT2D eigenvalue weighted by molar-refractivity contribution is -0.126. The molecular formula is C25H32N2O. The molecule has 2 aromatic rings. The van der Waals surface area contributed by atoms with Crippen molar-refractivity contribution >= 4 is 16.7 Å². The van der Waals surface area contributed by atoms with E-state index in [9.17, 15) is 4.79 Å². The molecule has 1 fully saturated rings. The summed E-state index contributed by atoms with van der Waals surface area (Å²) in [5.41, 5.74) is 2.93. The first-order valence-corrected chi connectivity index (χ1v) is 10.9. The van der Waals surface area contributed by atoms with Crippen molar-refractivity contribution in [2.24, 2.45) is 5.92 Å². The maximum Gasteiger partial charge on any atom is 0.223 e. The number of carbonyl (C=O) groups excluding carboxylic acids is 1. The molecule has 1 heterocycles. The molecule has 28 heavy (non-hydrogen) atoms. The topological polar surface area (TPSA) is 32.3 Å². The van der Waals surface area contributed by atoms with E-state index in [2.05, 4.69) is 58.8 Å². The Balaban J connectivity index is 1.24. The summed E-state index contributed by atoms with van der Waals surface area (Å²) in [6.45, 7) is 3.80. The van der Waals surface area contributed by atoms with Crippen LogP contribution in [0.15, 0.2) is 54.1 Å². The molecule has 4 rings (SSSR count). The molecule has 1 amide bonds. The number of fused-ring (bicyclic) bond motifs is 1. The van der Waals surface area contributed by atoms with Gasteiger partial charge in [0.15, 0.2) is 0 Å². The van der Waals surface area contributed by atoms with Crippen molar-refractivity contribution in [1.82, 2.24) is 10.2 Å². The van der Waals surface area contributed by atoms with Crippen LogP contribution in [0.25, 0.3) is 10.8 Å². The van der Waals surface area contributed by atoms with Gasteiger partial charge in [-0.05, 0) is 74.4 Å². The number of amides is 1. The molecular weight excluding hydrogens is 344 g/mol. The molecule has 1 saturated heterocycles. The highest BCUT2D eigenvalue weighted by Gasteiger charge is 2.25. The van der Waals surface area contributed by atoms with E-state index in [1.807, 2.05) is 0 Å². The summed E-state index contributed by atoms with van der Waals surface area (Å²) in [7, 11) is 0. The summed E-state index contributed by atoms with van der Waals surface area (Å²) in [5.74, 6) is 0.449. The van der Waals surface area contributed by atoms with Crippen LogP contribution in [0.4, 0.5) is 0 Å². The van der Waals surface area contributed by atoms with Crippen LogP contribution in [0.2, 0.25) is 0 Å². The molecule has 0 unspecified atom stereocenters. The minimum absolute atomic E-state index is 0.184. The van der Waals surface area contributed by atoms with Crippen molar-refractivity contribution in [2.75, 3.05) is 19.6 Å². The van der Waals surface area contributed by atoms with Gasteiger partial charge >= 0.3 is 0 Å². The summed E-state index contributed by atoms with van der Waals surface area (Å²) in [4.78, 5) is 15.0. The second kappa shape index (κ2) is 9.38. The van der Waals surface area contributed by atoms with Crippen LogP contribution in [0.5, 0.6) is 0 Å². The quantitative estimate of drug-likeness (QED) is 0.715. The van der Waals surface area contributed by atoms with Crippen molar-refractivity contribution < 1.29 is 4.79 Å². The Hall–Kier alpha value is -2.13.